The van der Waals surface area contributed by atoms with Crippen molar-refractivity contribution in [3.05, 3.63) is 0 Å². The van der Waals surface area contributed by atoms with Gasteiger partial charge in [-0.1, -0.05) is 0 Å². The molecule has 7 heteroatoms. The molecule has 20 heavy (non-hydrogen) atoms. The molecule has 2 aliphatic rings. The number of hydrogen-bond donors (Lipinski definition) is 3. The number of rotatable bonds is 4. The van der Waals surface area contributed by atoms with Crippen LogP contribution in [-0.4, -0.2) is 79.3 Å². The smallest absolute Gasteiger partial charge is 0.317 e. The second kappa shape index (κ2) is 6.41. The standard InChI is InChI=1S/C13H24N4O3/c1-13(11(18)19)2-6-17(10-13)12(20)15-5-9-16-7-3-14-4-8-16/h14H,2-10H2,1H3,(H,15,20)(H,18,19). The molecule has 7 nitrogen and oxygen atoms in total. The Morgan fingerprint density at radius 1 is 1.30 bits per heavy atom. The van der Waals surface area contributed by atoms with Crippen molar-refractivity contribution in [2.45, 2.75) is 13.3 Å². The lowest BCUT2D eigenvalue weighted by Crippen LogP contribution is -2.48. The van der Waals surface area contributed by atoms with Gasteiger partial charge in [0.2, 0.25) is 0 Å². The topological polar surface area (TPSA) is 84.9 Å². The van der Waals surface area contributed by atoms with E-state index in [1.165, 1.54) is 0 Å². The number of carboxylic acid groups (broad SMARTS) is 1. The van der Waals surface area contributed by atoms with Crippen molar-refractivity contribution >= 4 is 12.0 Å². The Balaban J connectivity index is 1.69. The van der Waals surface area contributed by atoms with E-state index in [2.05, 4.69) is 15.5 Å². The molecular weight excluding hydrogens is 260 g/mol. The van der Waals surface area contributed by atoms with Crippen LogP contribution in [0.3, 0.4) is 0 Å². The fraction of sp³-hybridized carbons (Fsp3) is 0.846. The first kappa shape index (κ1) is 15.1. The molecule has 2 fully saturated rings. The van der Waals surface area contributed by atoms with Crippen LogP contribution in [0.15, 0.2) is 0 Å². The quantitative estimate of drug-likeness (QED) is 0.642. The summed E-state index contributed by atoms with van der Waals surface area (Å²) in [6.07, 6.45) is 0.521. The minimum atomic E-state index is -0.825. The highest BCUT2D eigenvalue weighted by atomic mass is 16.4. The molecule has 2 amide bonds. The lowest BCUT2D eigenvalue weighted by molar-refractivity contribution is -0.146. The number of carbonyl (C=O) groups excluding carboxylic acids is 1. The highest BCUT2D eigenvalue weighted by Crippen LogP contribution is 2.29. The maximum absolute atomic E-state index is 12.0. The molecule has 2 rings (SSSR count). The van der Waals surface area contributed by atoms with Gasteiger partial charge in [-0.2, -0.15) is 0 Å². The Bertz CT molecular complexity index is 371. The first-order chi connectivity index (χ1) is 9.51. The zero-order chi connectivity index (χ0) is 14.6. The van der Waals surface area contributed by atoms with E-state index in [1.807, 2.05) is 0 Å². The number of carboxylic acids is 1. The van der Waals surface area contributed by atoms with Crippen LogP contribution in [0, 0.1) is 5.41 Å². The molecule has 3 N–H and O–H groups in total. The number of likely N-dealkylation sites (tertiary alicyclic amines) is 1. The molecule has 2 heterocycles. The second-order valence-electron chi connectivity index (χ2n) is 5.86. The van der Waals surface area contributed by atoms with E-state index in [4.69, 9.17) is 5.11 Å². The molecule has 114 valence electrons. The number of urea groups is 1. The summed E-state index contributed by atoms with van der Waals surface area (Å²) in [7, 11) is 0. The fourth-order valence-corrected chi connectivity index (χ4v) is 2.68. The number of amides is 2. The second-order valence-corrected chi connectivity index (χ2v) is 5.86. The van der Waals surface area contributed by atoms with E-state index in [0.29, 0.717) is 26.1 Å². The molecular formula is C13H24N4O3. The van der Waals surface area contributed by atoms with Crippen molar-refractivity contribution in [3.8, 4) is 0 Å². The zero-order valence-corrected chi connectivity index (χ0v) is 12.0. The summed E-state index contributed by atoms with van der Waals surface area (Å²) in [6.45, 7) is 7.98. The molecule has 0 aromatic carbocycles. The van der Waals surface area contributed by atoms with Crippen molar-refractivity contribution in [2.24, 2.45) is 5.41 Å². The van der Waals surface area contributed by atoms with Crippen LogP contribution in [0.1, 0.15) is 13.3 Å². The van der Waals surface area contributed by atoms with Crippen LogP contribution in [0.25, 0.3) is 0 Å². The van der Waals surface area contributed by atoms with Crippen LogP contribution in [0.2, 0.25) is 0 Å². The van der Waals surface area contributed by atoms with Gasteiger partial charge in [0.1, 0.15) is 0 Å². The lowest BCUT2D eigenvalue weighted by Gasteiger charge is -2.27. The van der Waals surface area contributed by atoms with Crippen molar-refractivity contribution in [2.75, 3.05) is 52.4 Å². The van der Waals surface area contributed by atoms with Gasteiger partial charge in [-0.05, 0) is 13.3 Å². The SMILES string of the molecule is CC1(C(=O)O)CCN(C(=O)NCCN2CCNCC2)C1. The van der Waals surface area contributed by atoms with E-state index in [0.717, 1.165) is 32.7 Å². The summed E-state index contributed by atoms with van der Waals surface area (Å²) in [5.41, 5.74) is -0.796. The maximum Gasteiger partial charge on any atom is 0.317 e. The van der Waals surface area contributed by atoms with E-state index >= 15 is 0 Å². The van der Waals surface area contributed by atoms with Gasteiger partial charge in [0.05, 0.1) is 5.41 Å². The minimum absolute atomic E-state index is 0.148. The van der Waals surface area contributed by atoms with Crippen LogP contribution >= 0.6 is 0 Å². The van der Waals surface area contributed by atoms with E-state index in [1.54, 1.807) is 11.8 Å². The predicted octanol–water partition coefficient (Wildman–Crippen LogP) is -0.602. The fourth-order valence-electron chi connectivity index (χ4n) is 2.68. The zero-order valence-electron chi connectivity index (χ0n) is 12.0. The van der Waals surface area contributed by atoms with Gasteiger partial charge in [0.15, 0.2) is 0 Å². The van der Waals surface area contributed by atoms with Gasteiger partial charge >= 0.3 is 12.0 Å². The Kier molecular flexibility index (Phi) is 4.82. The van der Waals surface area contributed by atoms with Crippen LogP contribution in [-0.2, 0) is 4.79 Å². The van der Waals surface area contributed by atoms with Crippen molar-refractivity contribution in [1.82, 2.24) is 20.4 Å². The summed E-state index contributed by atoms with van der Waals surface area (Å²) in [5.74, 6) is -0.825. The predicted molar refractivity (Wildman–Crippen MR) is 74.6 cm³/mol. The highest BCUT2D eigenvalue weighted by Gasteiger charge is 2.42. The Morgan fingerprint density at radius 2 is 2.00 bits per heavy atom. The number of aliphatic carboxylic acids is 1. The van der Waals surface area contributed by atoms with Gasteiger partial charge in [-0.25, -0.2) is 4.79 Å². The van der Waals surface area contributed by atoms with Gasteiger partial charge in [-0.3, -0.25) is 9.69 Å². The van der Waals surface area contributed by atoms with E-state index in [9.17, 15) is 9.59 Å². The molecule has 0 radical (unpaired) electrons. The number of nitrogens with zero attached hydrogens (tertiary/aromatic N) is 2. The van der Waals surface area contributed by atoms with Crippen molar-refractivity contribution < 1.29 is 14.7 Å². The van der Waals surface area contributed by atoms with Crippen LogP contribution in [0.4, 0.5) is 4.79 Å². The molecule has 2 saturated heterocycles. The Labute approximate surface area is 119 Å². The largest absolute Gasteiger partial charge is 0.481 e. The van der Waals surface area contributed by atoms with Gasteiger partial charge in [0.25, 0.3) is 0 Å². The number of piperazine rings is 1. The van der Waals surface area contributed by atoms with Gasteiger partial charge in [-0.15, -0.1) is 0 Å². The first-order valence-corrected chi connectivity index (χ1v) is 7.20. The first-order valence-electron chi connectivity index (χ1n) is 7.20. The molecule has 0 bridgehead atoms. The molecule has 0 saturated carbocycles. The summed E-state index contributed by atoms with van der Waals surface area (Å²) in [6, 6.07) is -0.148. The summed E-state index contributed by atoms with van der Waals surface area (Å²) < 4.78 is 0. The molecule has 2 aliphatic heterocycles. The average molecular weight is 284 g/mol. The molecule has 1 unspecified atom stereocenters. The monoisotopic (exact) mass is 284 g/mol. The third-order valence-corrected chi connectivity index (χ3v) is 4.19. The maximum atomic E-state index is 12.0. The highest BCUT2D eigenvalue weighted by molar-refractivity contribution is 5.79. The molecule has 0 spiro atoms. The van der Waals surface area contributed by atoms with Crippen molar-refractivity contribution in [3.63, 3.8) is 0 Å². The molecule has 0 aliphatic carbocycles. The average Bonchev–Trinajstić information content (AvgIpc) is 2.84. The summed E-state index contributed by atoms with van der Waals surface area (Å²) >= 11 is 0. The Hall–Kier alpha value is -1.34. The third kappa shape index (κ3) is 3.61. The Morgan fingerprint density at radius 3 is 2.60 bits per heavy atom. The molecule has 0 aromatic heterocycles. The van der Waals surface area contributed by atoms with Gasteiger partial charge < -0.3 is 20.6 Å². The lowest BCUT2D eigenvalue weighted by atomic mass is 9.90. The van der Waals surface area contributed by atoms with E-state index in [-0.39, 0.29) is 6.03 Å². The normalized spacial score (nSPS) is 27.6. The minimum Gasteiger partial charge on any atom is -0.481 e. The molecule has 0 aromatic rings. The molecule has 1 atom stereocenters. The van der Waals surface area contributed by atoms with Crippen LogP contribution < -0.4 is 10.6 Å². The number of carbonyl (C=O) groups is 2. The summed E-state index contributed by atoms with van der Waals surface area (Å²) in [5, 5.41) is 15.3. The van der Waals surface area contributed by atoms with E-state index < -0.39 is 11.4 Å². The van der Waals surface area contributed by atoms with Crippen molar-refractivity contribution in [1.29, 1.82) is 0 Å². The van der Waals surface area contributed by atoms with Gasteiger partial charge in [0, 0.05) is 52.4 Å². The number of nitrogens with one attached hydrogen (secondary N) is 2. The summed E-state index contributed by atoms with van der Waals surface area (Å²) in [4.78, 5) is 27.0. The number of hydrogen-bond acceptors (Lipinski definition) is 4. The van der Waals surface area contributed by atoms with Crippen LogP contribution in [0.5, 0.6) is 0 Å². The third-order valence-electron chi connectivity index (χ3n) is 4.19.